The first kappa shape index (κ1) is 17.8. The van der Waals surface area contributed by atoms with Gasteiger partial charge in [0.25, 0.3) is 5.91 Å². The van der Waals surface area contributed by atoms with Crippen molar-refractivity contribution in [3.8, 4) is 5.75 Å². The molecular formula is C14H17BrClNO4. The standard InChI is InChI=1S/C14H17BrClNO4/c1-8(2)5-11(14(19)20)17-13(18)7-21-12-4-3-9(16)6-10(12)15/h3-4,6,8,11H,5,7H2,1-2H3,(H,17,18)(H,19,20). The van der Waals surface area contributed by atoms with E-state index in [1.54, 1.807) is 18.2 Å². The van der Waals surface area contributed by atoms with Crippen molar-refractivity contribution in [3.05, 3.63) is 27.7 Å². The molecule has 1 unspecified atom stereocenters. The zero-order chi connectivity index (χ0) is 16.0. The number of halogens is 2. The van der Waals surface area contributed by atoms with E-state index >= 15 is 0 Å². The van der Waals surface area contributed by atoms with Gasteiger partial charge in [-0.1, -0.05) is 25.4 Å². The Hall–Kier alpha value is -1.27. The summed E-state index contributed by atoms with van der Waals surface area (Å²) in [5, 5.41) is 12.0. The van der Waals surface area contributed by atoms with Gasteiger partial charge in [-0.05, 0) is 46.5 Å². The Morgan fingerprint density at radius 3 is 2.62 bits per heavy atom. The summed E-state index contributed by atoms with van der Waals surface area (Å²) in [6.07, 6.45) is 0.367. The van der Waals surface area contributed by atoms with Crippen molar-refractivity contribution < 1.29 is 19.4 Å². The van der Waals surface area contributed by atoms with Crippen molar-refractivity contribution in [2.45, 2.75) is 26.3 Å². The highest BCUT2D eigenvalue weighted by atomic mass is 79.9. The summed E-state index contributed by atoms with van der Waals surface area (Å²) in [5.41, 5.74) is 0. The quantitative estimate of drug-likeness (QED) is 0.764. The number of benzene rings is 1. The highest BCUT2D eigenvalue weighted by Gasteiger charge is 2.21. The minimum atomic E-state index is -1.05. The van der Waals surface area contributed by atoms with Crippen LogP contribution < -0.4 is 10.1 Å². The second-order valence-corrected chi connectivity index (χ2v) is 6.24. The smallest absolute Gasteiger partial charge is 0.326 e. The number of carbonyl (C=O) groups is 2. The topological polar surface area (TPSA) is 75.6 Å². The van der Waals surface area contributed by atoms with Gasteiger partial charge in [0.15, 0.2) is 6.61 Å². The predicted octanol–water partition coefficient (Wildman–Crippen LogP) is 3.10. The van der Waals surface area contributed by atoms with E-state index in [0.29, 0.717) is 21.7 Å². The maximum absolute atomic E-state index is 11.8. The first-order valence-electron chi connectivity index (χ1n) is 6.39. The van der Waals surface area contributed by atoms with E-state index in [4.69, 9.17) is 21.4 Å². The molecule has 0 bridgehead atoms. The van der Waals surface area contributed by atoms with E-state index in [9.17, 15) is 9.59 Å². The van der Waals surface area contributed by atoms with Crippen LogP contribution in [0.25, 0.3) is 0 Å². The molecule has 7 heteroatoms. The Morgan fingerprint density at radius 1 is 1.43 bits per heavy atom. The van der Waals surface area contributed by atoms with Gasteiger partial charge in [-0.3, -0.25) is 4.79 Å². The van der Waals surface area contributed by atoms with Crippen LogP contribution in [0.2, 0.25) is 5.02 Å². The van der Waals surface area contributed by atoms with Gasteiger partial charge in [-0.2, -0.15) is 0 Å². The third-order valence-electron chi connectivity index (χ3n) is 2.59. The van der Waals surface area contributed by atoms with Gasteiger partial charge >= 0.3 is 5.97 Å². The fourth-order valence-corrected chi connectivity index (χ4v) is 2.46. The lowest BCUT2D eigenvalue weighted by Crippen LogP contribution is -2.43. The van der Waals surface area contributed by atoms with Crippen LogP contribution in [0.3, 0.4) is 0 Å². The van der Waals surface area contributed by atoms with Crippen molar-refractivity contribution >= 4 is 39.4 Å². The number of amides is 1. The molecule has 0 saturated heterocycles. The molecule has 116 valence electrons. The van der Waals surface area contributed by atoms with E-state index in [2.05, 4.69) is 21.2 Å². The molecule has 0 radical (unpaired) electrons. The maximum atomic E-state index is 11.8. The second kappa shape index (κ2) is 8.24. The minimum Gasteiger partial charge on any atom is -0.483 e. The monoisotopic (exact) mass is 377 g/mol. The Balaban J connectivity index is 2.54. The zero-order valence-electron chi connectivity index (χ0n) is 11.7. The van der Waals surface area contributed by atoms with Crippen molar-refractivity contribution in [2.24, 2.45) is 5.92 Å². The number of hydrogen-bond donors (Lipinski definition) is 2. The fourth-order valence-electron chi connectivity index (χ4n) is 1.66. The first-order chi connectivity index (χ1) is 9.79. The van der Waals surface area contributed by atoms with Crippen LogP contribution in [0.15, 0.2) is 22.7 Å². The molecule has 1 amide bonds. The number of carboxylic acid groups (broad SMARTS) is 1. The number of ether oxygens (including phenoxy) is 1. The normalized spacial score (nSPS) is 12.0. The largest absolute Gasteiger partial charge is 0.483 e. The maximum Gasteiger partial charge on any atom is 0.326 e. The summed E-state index contributed by atoms with van der Waals surface area (Å²) < 4.78 is 5.95. The van der Waals surface area contributed by atoms with Crippen LogP contribution in [0, 0.1) is 5.92 Å². The van der Waals surface area contributed by atoms with Crippen LogP contribution in [0.1, 0.15) is 20.3 Å². The lowest BCUT2D eigenvalue weighted by molar-refractivity contribution is -0.142. The van der Waals surface area contributed by atoms with E-state index in [1.807, 2.05) is 13.8 Å². The molecule has 0 aliphatic carbocycles. The SMILES string of the molecule is CC(C)CC(NC(=O)COc1ccc(Cl)cc1Br)C(=O)O. The van der Waals surface area contributed by atoms with E-state index in [-0.39, 0.29) is 12.5 Å². The van der Waals surface area contributed by atoms with Gasteiger partial charge in [-0.25, -0.2) is 4.79 Å². The van der Waals surface area contributed by atoms with E-state index in [0.717, 1.165) is 0 Å². The number of hydrogen-bond acceptors (Lipinski definition) is 3. The number of aliphatic carboxylic acids is 1. The van der Waals surface area contributed by atoms with Gasteiger partial charge in [0, 0.05) is 5.02 Å². The molecule has 2 N–H and O–H groups in total. The molecule has 0 spiro atoms. The summed E-state index contributed by atoms with van der Waals surface area (Å²) in [5.74, 6) is -0.905. The average molecular weight is 379 g/mol. The average Bonchev–Trinajstić information content (AvgIpc) is 2.36. The van der Waals surface area contributed by atoms with Gasteiger partial charge in [0.05, 0.1) is 4.47 Å². The first-order valence-corrected chi connectivity index (χ1v) is 7.56. The minimum absolute atomic E-state index is 0.165. The molecule has 0 aliphatic heterocycles. The predicted molar refractivity (Wildman–Crippen MR) is 83.7 cm³/mol. The molecule has 1 aromatic carbocycles. The number of carboxylic acids is 1. The molecule has 0 heterocycles. The summed E-state index contributed by atoms with van der Waals surface area (Å²) in [6, 6.07) is 4.00. The number of nitrogens with one attached hydrogen (secondary N) is 1. The molecule has 21 heavy (non-hydrogen) atoms. The third-order valence-corrected chi connectivity index (χ3v) is 3.45. The van der Waals surface area contributed by atoms with Crippen LogP contribution in [-0.2, 0) is 9.59 Å². The summed E-state index contributed by atoms with van der Waals surface area (Å²) in [6.45, 7) is 3.52. The molecular weight excluding hydrogens is 362 g/mol. The number of rotatable bonds is 7. The Morgan fingerprint density at radius 2 is 2.10 bits per heavy atom. The highest BCUT2D eigenvalue weighted by Crippen LogP contribution is 2.27. The molecule has 0 aliphatic rings. The van der Waals surface area contributed by atoms with Gasteiger partial charge in [-0.15, -0.1) is 0 Å². The summed E-state index contributed by atoms with van der Waals surface area (Å²) in [4.78, 5) is 22.8. The van der Waals surface area contributed by atoms with Crippen LogP contribution >= 0.6 is 27.5 Å². The second-order valence-electron chi connectivity index (χ2n) is 4.95. The fraction of sp³-hybridized carbons (Fsp3) is 0.429. The van der Waals surface area contributed by atoms with Crippen molar-refractivity contribution in [3.63, 3.8) is 0 Å². The molecule has 0 aromatic heterocycles. The highest BCUT2D eigenvalue weighted by molar-refractivity contribution is 9.10. The third kappa shape index (κ3) is 6.35. The molecule has 0 fully saturated rings. The number of carbonyl (C=O) groups excluding carboxylic acids is 1. The zero-order valence-corrected chi connectivity index (χ0v) is 14.1. The van der Waals surface area contributed by atoms with Crippen molar-refractivity contribution in [1.29, 1.82) is 0 Å². The van der Waals surface area contributed by atoms with Crippen LogP contribution in [-0.4, -0.2) is 29.6 Å². The summed E-state index contributed by atoms with van der Waals surface area (Å²) >= 11 is 9.07. The van der Waals surface area contributed by atoms with Crippen molar-refractivity contribution in [2.75, 3.05) is 6.61 Å². The molecule has 1 rings (SSSR count). The van der Waals surface area contributed by atoms with Crippen molar-refractivity contribution in [1.82, 2.24) is 5.32 Å². The molecule has 1 aromatic rings. The van der Waals surface area contributed by atoms with Crippen LogP contribution in [0.4, 0.5) is 0 Å². The molecule has 0 saturated carbocycles. The van der Waals surface area contributed by atoms with Gasteiger partial charge < -0.3 is 15.2 Å². The van der Waals surface area contributed by atoms with Gasteiger partial charge in [0.1, 0.15) is 11.8 Å². The van der Waals surface area contributed by atoms with E-state index < -0.39 is 17.9 Å². The lowest BCUT2D eigenvalue weighted by Gasteiger charge is -2.16. The Labute approximate surface area is 136 Å². The van der Waals surface area contributed by atoms with Gasteiger partial charge in [0.2, 0.25) is 0 Å². The van der Waals surface area contributed by atoms with E-state index in [1.165, 1.54) is 0 Å². The Kier molecular flexibility index (Phi) is 6.98. The summed E-state index contributed by atoms with van der Waals surface area (Å²) in [7, 11) is 0. The lowest BCUT2D eigenvalue weighted by atomic mass is 10.0. The molecule has 1 atom stereocenters. The van der Waals surface area contributed by atoms with Crippen LogP contribution in [0.5, 0.6) is 5.75 Å². The molecule has 5 nitrogen and oxygen atoms in total. The Bertz CT molecular complexity index is 522.